The van der Waals surface area contributed by atoms with Crippen LogP contribution >= 0.6 is 11.3 Å². The Morgan fingerprint density at radius 1 is 1.03 bits per heavy atom. The maximum absolute atomic E-state index is 13.2. The number of nitrogens with zero attached hydrogens (tertiary/aromatic N) is 2. The Morgan fingerprint density at radius 2 is 1.74 bits per heavy atom. The molecule has 158 valence electrons. The van der Waals surface area contributed by atoms with Gasteiger partial charge in [-0.2, -0.15) is 0 Å². The molecule has 0 bridgehead atoms. The van der Waals surface area contributed by atoms with Gasteiger partial charge < -0.3 is 5.32 Å². The lowest BCUT2D eigenvalue weighted by Crippen LogP contribution is -2.41. The SMILES string of the molecule is CC(NC(=O)CN(c1nccs1)S(=O)(=O)c1ccccc1)c1ccc2ccccc2c1. The molecule has 1 unspecified atom stereocenters. The molecule has 0 aliphatic carbocycles. The molecule has 4 rings (SSSR count). The Balaban J connectivity index is 1.55. The van der Waals surface area contributed by atoms with E-state index in [0.717, 1.165) is 20.6 Å². The number of anilines is 1. The van der Waals surface area contributed by atoms with E-state index in [1.54, 1.807) is 23.6 Å². The second-order valence-corrected chi connectivity index (χ2v) is 9.77. The Morgan fingerprint density at radius 3 is 2.45 bits per heavy atom. The van der Waals surface area contributed by atoms with Crippen molar-refractivity contribution in [1.29, 1.82) is 0 Å². The van der Waals surface area contributed by atoms with Crippen LogP contribution in [-0.2, 0) is 14.8 Å². The molecule has 0 aliphatic heterocycles. The molecule has 0 saturated carbocycles. The van der Waals surface area contributed by atoms with E-state index in [2.05, 4.69) is 10.3 Å². The van der Waals surface area contributed by atoms with Gasteiger partial charge in [0.05, 0.1) is 10.9 Å². The third kappa shape index (κ3) is 4.60. The van der Waals surface area contributed by atoms with Gasteiger partial charge in [0.25, 0.3) is 10.0 Å². The van der Waals surface area contributed by atoms with Crippen LogP contribution < -0.4 is 9.62 Å². The second-order valence-electron chi connectivity index (χ2n) is 7.04. The van der Waals surface area contributed by atoms with Gasteiger partial charge >= 0.3 is 0 Å². The molecular weight excluding hydrogens is 430 g/mol. The Kier molecular flexibility index (Phi) is 6.01. The van der Waals surface area contributed by atoms with Crippen molar-refractivity contribution in [2.75, 3.05) is 10.8 Å². The largest absolute Gasteiger partial charge is 0.348 e. The van der Waals surface area contributed by atoms with Gasteiger partial charge in [0.15, 0.2) is 5.13 Å². The highest BCUT2D eigenvalue weighted by Gasteiger charge is 2.29. The number of nitrogens with one attached hydrogen (secondary N) is 1. The van der Waals surface area contributed by atoms with Crippen molar-refractivity contribution >= 4 is 43.2 Å². The van der Waals surface area contributed by atoms with Crippen LogP contribution in [0.15, 0.2) is 89.3 Å². The van der Waals surface area contributed by atoms with Gasteiger partial charge in [-0.15, -0.1) is 11.3 Å². The Labute approximate surface area is 185 Å². The number of aromatic nitrogens is 1. The maximum Gasteiger partial charge on any atom is 0.266 e. The molecule has 0 radical (unpaired) electrons. The first kappa shape index (κ1) is 21.0. The third-order valence-electron chi connectivity index (χ3n) is 4.90. The number of sulfonamides is 1. The van der Waals surface area contributed by atoms with Crippen molar-refractivity contribution < 1.29 is 13.2 Å². The molecule has 1 heterocycles. The fraction of sp³-hybridized carbons (Fsp3) is 0.130. The molecule has 1 amide bonds. The van der Waals surface area contributed by atoms with Crippen LogP contribution in [0.5, 0.6) is 0 Å². The number of hydrogen-bond acceptors (Lipinski definition) is 5. The summed E-state index contributed by atoms with van der Waals surface area (Å²) in [4.78, 5) is 17.1. The summed E-state index contributed by atoms with van der Waals surface area (Å²) in [6.07, 6.45) is 1.52. The zero-order valence-corrected chi connectivity index (χ0v) is 18.4. The lowest BCUT2D eigenvalue weighted by molar-refractivity contribution is -0.120. The van der Waals surface area contributed by atoms with Crippen molar-refractivity contribution in [2.45, 2.75) is 17.9 Å². The quantitative estimate of drug-likeness (QED) is 0.453. The summed E-state index contributed by atoms with van der Waals surface area (Å²) in [5.41, 5.74) is 0.943. The predicted molar refractivity (Wildman–Crippen MR) is 124 cm³/mol. The van der Waals surface area contributed by atoms with Crippen molar-refractivity contribution in [2.24, 2.45) is 0 Å². The van der Waals surface area contributed by atoms with Gasteiger partial charge in [0.2, 0.25) is 5.91 Å². The lowest BCUT2D eigenvalue weighted by atomic mass is 10.0. The van der Waals surface area contributed by atoms with E-state index in [-0.39, 0.29) is 22.6 Å². The minimum Gasteiger partial charge on any atom is -0.348 e. The average molecular weight is 452 g/mol. The fourth-order valence-corrected chi connectivity index (χ4v) is 5.56. The van der Waals surface area contributed by atoms with Crippen molar-refractivity contribution in [1.82, 2.24) is 10.3 Å². The molecule has 1 aromatic heterocycles. The monoisotopic (exact) mass is 451 g/mol. The zero-order valence-electron chi connectivity index (χ0n) is 16.8. The molecule has 0 fully saturated rings. The van der Waals surface area contributed by atoms with Gasteiger partial charge in [-0.3, -0.25) is 4.79 Å². The summed E-state index contributed by atoms with van der Waals surface area (Å²) in [7, 11) is -3.93. The summed E-state index contributed by atoms with van der Waals surface area (Å²) >= 11 is 1.17. The minimum absolute atomic E-state index is 0.112. The first-order valence-electron chi connectivity index (χ1n) is 9.70. The van der Waals surface area contributed by atoms with Gasteiger partial charge in [-0.05, 0) is 41.5 Å². The molecule has 3 aromatic carbocycles. The highest BCUT2D eigenvalue weighted by molar-refractivity contribution is 7.93. The van der Waals surface area contributed by atoms with E-state index >= 15 is 0 Å². The first-order chi connectivity index (χ1) is 14.9. The van der Waals surface area contributed by atoms with Crippen LogP contribution in [0.4, 0.5) is 5.13 Å². The second kappa shape index (κ2) is 8.87. The number of thiazole rings is 1. The molecular formula is C23H21N3O3S2. The fourth-order valence-electron chi connectivity index (χ4n) is 3.29. The van der Waals surface area contributed by atoms with Crippen LogP contribution in [0, 0.1) is 0 Å². The van der Waals surface area contributed by atoms with Crippen molar-refractivity contribution in [3.63, 3.8) is 0 Å². The number of carbonyl (C=O) groups is 1. The van der Waals surface area contributed by atoms with E-state index in [9.17, 15) is 13.2 Å². The summed E-state index contributed by atoms with van der Waals surface area (Å²) < 4.78 is 27.4. The number of rotatable bonds is 7. The molecule has 31 heavy (non-hydrogen) atoms. The van der Waals surface area contributed by atoms with Crippen LogP contribution in [0.25, 0.3) is 10.8 Å². The van der Waals surface area contributed by atoms with E-state index < -0.39 is 15.9 Å². The van der Waals surface area contributed by atoms with E-state index in [1.165, 1.54) is 29.7 Å². The highest BCUT2D eigenvalue weighted by atomic mass is 32.2. The topological polar surface area (TPSA) is 79.4 Å². The summed E-state index contributed by atoms with van der Waals surface area (Å²) in [6.45, 7) is 1.52. The summed E-state index contributed by atoms with van der Waals surface area (Å²) in [5, 5.41) is 7.04. The minimum atomic E-state index is -3.93. The number of hydrogen-bond donors (Lipinski definition) is 1. The predicted octanol–water partition coefficient (Wildman–Crippen LogP) is 4.37. The molecule has 1 atom stereocenters. The number of fused-ring (bicyclic) bond motifs is 1. The van der Waals surface area contributed by atoms with Crippen molar-refractivity contribution in [3.8, 4) is 0 Å². The Hall–Kier alpha value is -3.23. The molecule has 1 N–H and O–H groups in total. The summed E-state index contributed by atoms with van der Waals surface area (Å²) in [5.74, 6) is -0.407. The maximum atomic E-state index is 13.2. The van der Waals surface area contributed by atoms with Crippen molar-refractivity contribution in [3.05, 3.63) is 89.9 Å². The smallest absolute Gasteiger partial charge is 0.266 e. The Bertz CT molecular complexity index is 1290. The van der Waals surface area contributed by atoms with Crippen LogP contribution in [-0.4, -0.2) is 25.9 Å². The standard InChI is InChI=1S/C23H21N3O3S2/c1-17(19-12-11-18-7-5-6-8-20(18)15-19)25-22(27)16-26(23-24-13-14-30-23)31(28,29)21-9-3-2-4-10-21/h2-15,17H,16H2,1H3,(H,25,27). The summed E-state index contributed by atoms with van der Waals surface area (Å²) in [6, 6.07) is 21.8. The zero-order chi connectivity index (χ0) is 21.8. The van der Waals surface area contributed by atoms with Gasteiger partial charge in [-0.1, -0.05) is 54.6 Å². The first-order valence-corrected chi connectivity index (χ1v) is 12.0. The molecule has 6 nitrogen and oxygen atoms in total. The van der Waals surface area contributed by atoms with E-state index in [4.69, 9.17) is 0 Å². The van der Waals surface area contributed by atoms with Gasteiger partial charge in [-0.25, -0.2) is 17.7 Å². The normalized spacial score (nSPS) is 12.4. The molecule has 0 saturated heterocycles. The van der Waals surface area contributed by atoms with Gasteiger partial charge in [0, 0.05) is 11.6 Å². The number of amides is 1. The van der Waals surface area contributed by atoms with Crippen LogP contribution in [0.1, 0.15) is 18.5 Å². The number of carbonyl (C=O) groups excluding carboxylic acids is 1. The van der Waals surface area contributed by atoms with Crippen LogP contribution in [0.2, 0.25) is 0 Å². The number of benzene rings is 3. The lowest BCUT2D eigenvalue weighted by Gasteiger charge is -2.23. The third-order valence-corrected chi connectivity index (χ3v) is 7.56. The van der Waals surface area contributed by atoms with E-state index in [0.29, 0.717) is 0 Å². The molecule has 8 heteroatoms. The van der Waals surface area contributed by atoms with E-state index in [1.807, 2.05) is 49.4 Å². The van der Waals surface area contributed by atoms with Crippen LogP contribution in [0.3, 0.4) is 0 Å². The van der Waals surface area contributed by atoms with Gasteiger partial charge in [0.1, 0.15) is 6.54 Å². The molecule has 0 spiro atoms. The average Bonchev–Trinajstić information content (AvgIpc) is 3.32. The molecule has 0 aliphatic rings. The molecule has 4 aromatic rings. The highest BCUT2D eigenvalue weighted by Crippen LogP contribution is 2.26.